The van der Waals surface area contributed by atoms with Gasteiger partial charge in [0.05, 0.1) is 0 Å². The Morgan fingerprint density at radius 3 is 2.68 bits per heavy atom. The molecule has 3 heteroatoms. The van der Waals surface area contributed by atoms with E-state index in [9.17, 15) is 8.78 Å². The van der Waals surface area contributed by atoms with Crippen molar-refractivity contribution in [3.8, 4) is 0 Å². The molecule has 1 saturated carbocycles. The van der Waals surface area contributed by atoms with Crippen LogP contribution in [0.15, 0.2) is 18.2 Å². The van der Waals surface area contributed by atoms with E-state index in [4.69, 9.17) is 0 Å². The zero-order valence-electron chi connectivity index (χ0n) is 11.8. The van der Waals surface area contributed by atoms with Crippen LogP contribution in [0.1, 0.15) is 38.2 Å². The summed E-state index contributed by atoms with van der Waals surface area (Å²) in [6.45, 7) is 2.24. The van der Waals surface area contributed by atoms with E-state index in [1.165, 1.54) is 31.7 Å². The van der Waals surface area contributed by atoms with Crippen molar-refractivity contribution in [2.24, 2.45) is 11.8 Å². The van der Waals surface area contributed by atoms with Crippen LogP contribution in [0.5, 0.6) is 0 Å². The van der Waals surface area contributed by atoms with Crippen LogP contribution in [-0.4, -0.2) is 13.1 Å². The number of hydrogen-bond donors (Lipinski definition) is 1. The van der Waals surface area contributed by atoms with Gasteiger partial charge < -0.3 is 5.32 Å². The Balaban J connectivity index is 2.03. The van der Waals surface area contributed by atoms with Gasteiger partial charge in [-0.3, -0.25) is 0 Å². The van der Waals surface area contributed by atoms with Gasteiger partial charge in [0.25, 0.3) is 0 Å². The number of halogens is 2. The summed E-state index contributed by atoms with van der Waals surface area (Å²) in [5.41, 5.74) is 0.612. The van der Waals surface area contributed by atoms with Gasteiger partial charge in [-0.1, -0.05) is 25.8 Å². The maximum absolute atomic E-state index is 13.7. The fourth-order valence-electron chi connectivity index (χ4n) is 3.28. The summed E-state index contributed by atoms with van der Waals surface area (Å²) in [5.74, 6) is 0.498. The van der Waals surface area contributed by atoms with Crippen molar-refractivity contribution in [3.05, 3.63) is 35.4 Å². The number of likely N-dealkylation sites (N-methyl/N-ethyl adjacent to an activating group) is 1. The van der Waals surface area contributed by atoms with Gasteiger partial charge in [-0.05, 0) is 49.8 Å². The molecule has 1 N–H and O–H groups in total. The molecule has 3 atom stereocenters. The molecule has 1 aromatic rings. The quantitative estimate of drug-likeness (QED) is 0.852. The van der Waals surface area contributed by atoms with Gasteiger partial charge >= 0.3 is 0 Å². The summed E-state index contributed by atoms with van der Waals surface area (Å²) in [7, 11) is 1.94. The minimum atomic E-state index is -0.505. The summed E-state index contributed by atoms with van der Waals surface area (Å²) >= 11 is 0. The van der Waals surface area contributed by atoms with Gasteiger partial charge in [-0.25, -0.2) is 8.78 Å². The Labute approximate surface area is 114 Å². The fourth-order valence-corrected chi connectivity index (χ4v) is 3.28. The summed E-state index contributed by atoms with van der Waals surface area (Å²) in [5, 5.41) is 3.32. The van der Waals surface area contributed by atoms with E-state index < -0.39 is 11.6 Å². The van der Waals surface area contributed by atoms with Crippen molar-refractivity contribution in [1.82, 2.24) is 5.32 Å². The molecule has 1 fully saturated rings. The molecule has 19 heavy (non-hydrogen) atoms. The van der Waals surface area contributed by atoms with E-state index in [1.54, 1.807) is 6.07 Å². The summed E-state index contributed by atoms with van der Waals surface area (Å²) in [4.78, 5) is 0. The smallest absolute Gasteiger partial charge is 0.129 e. The largest absolute Gasteiger partial charge is 0.316 e. The maximum Gasteiger partial charge on any atom is 0.129 e. The van der Waals surface area contributed by atoms with Crippen LogP contribution in [0.3, 0.4) is 0 Å². The lowest BCUT2D eigenvalue weighted by molar-refractivity contribution is 0.358. The van der Waals surface area contributed by atoms with E-state index in [0.717, 1.165) is 12.0 Å². The van der Waals surface area contributed by atoms with Crippen LogP contribution in [0.4, 0.5) is 8.78 Å². The number of benzene rings is 1. The molecule has 0 radical (unpaired) electrons. The lowest BCUT2D eigenvalue weighted by Crippen LogP contribution is -2.34. The second kappa shape index (κ2) is 6.47. The second-order valence-electron chi connectivity index (χ2n) is 5.68. The van der Waals surface area contributed by atoms with Crippen LogP contribution in [0.2, 0.25) is 0 Å². The summed E-state index contributed by atoms with van der Waals surface area (Å²) in [6.07, 6.45) is 5.60. The van der Waals surface area contributed by atoms with E-state index in [2.05, 4.69) is 12.2 Å². The lowest BCUT2D eigenvalue weighted by atomic mass is 9.91. The number of rotatable bonds is 5. The molecule has 2 rings (SSSR count). The SMILES string of the molecule is CCC1CCC(C(Cc2ccc(F)cc2F)NC)C1. The van der Waals surface area contributed by atoms with Crippen LogP contribution in [0.25, 0.3) is 0 Å². The minimum Gasteiger partial charge on any atom is -0.316 e. The van der Waals surface area contributed by atoms with Crippen molar-refractivity contribution < 1.29 is 8.78 Å². The highest BCUT2D eigenvalue weighted by Crippen LogP contribution is 2.35. The first kappa shape index (κ1) is 14.4. The Morgan fingerprint density at radius 1 is 1.32 bits per heavy atom. The van der Waals surface area contributed by atoms with Gasteiger partial charge in [-0.2, -0.15) is 0 Å². The molecule has 0 saturated heterocycles. The Kier molecular flexibility index (Phi) is 4.92. The first-order valence-corrected chi connectivity index (χ1v) is 7.25. The molecule has 1 aromatic carbocycles. The molecule has 1 aliphatic rings. The zero-order valence-corrected chi connectivity index (χ0v) is 11.8. The number of nitrogens with one attached hydrogen (secondary N) is 1. The van der Waals surface area contributed by atoms with Gasteiger partial charge in [0.2, 0.25) is 0 Å². The molecule has 1 aliphatic carbocycles. The van der Waals surface area contributed by atoms with E-state index in [-0.39, 0.29) is 6.04 Å². The maximum atomic E-state index is 13.7. The third-order valence-corrected chi connectivity index (χ3v) is 4.55. The predicted octanol–water partition coefficient (Wildman–Crippen LogP) is 3.92. The third kappa shape index (κ3) is 3.53. The predicted molar refractivity (Wildman–Crippen MR) is 74.0 cm³/mol. The van der Waals surface area contributed by atoms with Crippen molar-refractivity contribution in [2.75, 3.05) is 7.05 Å². The highest BCUT2D eigenvalue weighted by atomic mass is 19.1. The Morgan fingerprint density at radius 2 is 2.11 bits per heavy atom. The van der Waals surface area contributed by atoms with E-state index >= 15 is 0 Å². The van der Waals surface area contributed by atoms with Gasteiger partial charge in [-0.15, -0.1) is 0 Å². The summed E-state index contributed by atoms with van der Waals surface area (Å²) in [6, 6.07) is 4.18. The van der Waals surface area contributed by atoms with Crippen LogP contribution in [0, 0.1) is 23.5 Å². The van der Waals surface area contributed by atoms with E-state index in [0.29, 0.717) is 17.9 Å². The standard InChI is InChI=1S/C16H23F2N/c1-3-11-4-5-13(8-11)16(19-2)9-12-6-7-14(17)10-15(12)18/h6-7,10-11,13,16,19H,3-5,8-9H2,1-2H3. The molecule has 106 valence electrons. The Hall–Kier alpha value is -0.960. The third-order valence-electron chi connectivity index (χ3n) is 4.55. The molecule has 0 heterocycles. The normalized spacial score (nSPS) is 24.6. The average molecular weight is 267 g/mol. The first-order valence-electron chi connectivity index (χ1n) is 7.25. The molecule has 0 aromatic heterocycles. The van der Waals surface area contributed by atoms with Gasteiger partial charge in [0.15, 0.2) is 0 Å². The van der Waals surface area contributed by atoms with Crippen molar-refractivity contribution in [1.29, 1.82) is 0 Å². The highest BCUT2D eigenvalue weighted by Gasteiger charge is 2.29. The van der Waals surface area contributed by atoms with Crippen molar-refractivity contribution in [3.63, 3.8) is 0 Å². The topological polar surface area (TPSA) is 12.0 Å². The molecule has 0 aliphatic heterocycles. The van der Waals surface area contributed by atoms with Gasteiger partial charge in [0.1, 0.15) is 11.6 Å². The Bertz CT molecular complexity index is 419. The van der Waals surface area contributed by atoms with E-state index in [1.807, 2.05) is 7.05 Å². The molecular formula is C16H23F2N. The summed E-state index contributed by atoms with van der Waals surface area (Å²) < 4.78 is 26.6. The van der Waals surface area contributed by atoms with Crippen LogP contribution < -0.4 is 5.32 Å². The van der Waals surface area contributed by atoms with Crippen molar-refractivity contribution >= 4 is 0 Å². The van der Waals surface area contributed by atoms with Crippen LogP contribution >= 0.6 is 0 Å². The average Bonchev–Trinajstić information content (AvgIpc) is 2.86. The molecule has 1 nitrogen and oxygen atoms in total. The molecule has 0 bridgehead atoms. The molecule has 3 unspecified atom stereocenters. The first-order chi connectivity index (χ1) is 9.13. The highest BCUT2D eigenvalue weighted by molar-refractivity contribution is 5.20. The minimum absolute atomic E-state index is 0.288. The molecular weight excluding hydrogens is 244 g/mol. The molecule has 0 spiro atoms. The van der Waals surface area contributed by atoms with Crippen LogP contribution in [-0.2, 0) is 6.42 Å². The van der Waals surface area contributed by atoms with Crippen molar-refractivity contribution in [2.45, 2.75) is 45.1 Å². The number of hydrogen-bond acceptors (Lipinski definition) is 1. The second-order valence-corrected chi connectivity index (χ2v) is 5.68. The molecule has 0 amide bonds. The zero-order chi connectivity index (χ0) is 13.8. The lowest BCUT2D eigenvalue weighted by Gasteiger charge is -2.23. The fraction of sp³-hybridized carbons (Fsp3) is 0.625. The monoisotopic (exact) mass is 267 g/mol. The van der Waals surface area contributed by atoms with Gasteiger partial charge in [0, 0.05) is 12.1 Å².